The van der Waals surface area contributed by atoms with Crippen molar-refractivity contribution in [2.45, 2.75) is 12.7 Å². The summed E-state index contributed by atoms with van der Waals surface area (Å²) in [4.78, 5) is 23.8. The number of hydrogen-bond acceptors (Lipinski definition) is 6. The fourth-order valence-corrected chi connectivity index (χ4v) is 4.61. The normalized spacial score (nSPS) is 12.1. The van der Waals surface area contributed by atoms with Crippen molar-refractivity contribution in [3.05, 3.63) is 71.3 Å². The topological polar surface area (TPSA) is 140 Å². The van der Waals surface area contributed by atoms with Gasteiger partial charge in [0.1, 0.15) is 11.6 Å². The summed E-state index contributed by atoms with van der Waals surface area (Å²) in [6, 6.07) is 12.6. The van der Waals surface area contributed by atoms with E-state index in [1.807, 2.05) is 25.1 Å². The largest absolute Gasteiger partial charge is 0.383 e. The Morgan fingerprint density at radius 1 is 1.09 bits per heavy atom. The maximum Gasteiger partial charge on any atom is 0.214 e. The van der Waals surface area contributed by atoms with Crippen LogP contribution in [0.3, 0.4) is 0 Å². The molecule has 0 bridgehead atoms. The first-order chi connectivity index (χ1) is 15.2. The number of nitrogens with zero attached hydrogens (tertiary/aromatic N) is 3. The van der Waals surface area contributed by atoms with Crippen LogP contribution in [0, 0.1) is 6.92 Å². The van der Waals surface area contributed by atoms with E-state index in [9.17, 15) is 13.2 Å². The molecule has 4 N–H and O–H groups in total. The minimum atomic E-state index is -3.15. The number of benzene rings is 2. The molecule has 0 aliphatic heterocycles. The number of rotatable bonds is 5. The lowest BCUT2D eigenvalue weighted by atomic mass is 10.1. The Hall–Kier alpha value is -3.92. The molecule has 0 atom stereocenters. The summed E-state index contributed by atoms with van der Waals surface area (Å²) < 4.78 is 24.6. The van der Waals surface area contributed by atoms with Gasteiger partial charge in [-0.25, -0.2) is 18.1 Å². The van der Waals surface area contributed by atoms with Crippen LogP contribution in [0.2, 0.25) is 0 Å². The maximum atomic E-state index is 13.1. The average molecular weight is 449 g/mol. The Bertz CT molecular complexity index is 1620. The van der Waals surface area contributed by atoms with Crippen LogP contribution in [0.5, 0.6) is 0 Å². The number of ketones is 1. The number of anilines is 1. The van der Waals surface area contributed by atoms with Crippen LogP contribution in [0.1, 0.15) is 27.4 Å². The van der Waals surface area contributed by atoms with Crippen LogP contribution in [-0.4, -0.2) is 45.2 Å². The Labute approximate surface area is 183 Å². The molecule has 0 amide bonds. The van der Waals surface area contributed by atoms with E-state index >= 15 is 0 Å². The molecule has 0 fully saturated rings. The van der Waals surface area contributed by atoms with Crippen molar-refractivity contribution in [2.75, 3.05) is 12.0 Å². The van der Waals surface area contributed by atoms with Gasteiger partial charge in [-0.3, -0.25) is 4.79 Å². The number of H-pyrrole nitrogens is 2. The highest BCUT2D eigenvalue weighted by molar-refractivity contribution is 7.89. The molecule has 5 rings (SSSR count). The molecule has 0 saturated carbocycles. The summed E-state index contributed by atoms with van der Waals surface area (Å²) >= 11 is 0. The Balaban J connectivity index is 1.49. The minimum Gasteiger partial charge on any atom is -0.383 e. The zero-order chi connectivity index (χ0) is 22.6. The molecule has 3 aromatic heterocycles. The van der Waals surface area contributed by atoms with Gasteiger partial charge in [-0.1, -0.05) is 12.1 Å². The highest BCUT2D eigenvalue weighted by Gasteiger charge is 2.20. The molecule has 2 aromatic carbocycles. The number of hydrogen-bond donors (Lipinski definition) is 3. The van der Waals surface area contributed by atoms with Crippen LogP contribution >= 0.6 is 0 Å². The molecule has 162 valence electrons. The van der Waals surface area contributed by atoms with Crippen molar-refractivity contribution in [3.8, 4) is 5.69 Å². The smallest absolute Gasteiger partial charge is 0.214 e. The van der Waals surface area contributed by atoms with Crippen molar-refractivity contribution < 1.29 is 13.2 Å². The number of imidazole rings is 1. The first-order valence-electron chi connectivity index (χ1n) is 9.82. The predicted molar refractivity (Wildman–Crippen MR) is 123 cm³/mol. The summed E-state index contributed by atoms with van der Waals surface area (Å²) in [5.74, 6) is 0.662. The van der Waals surface area contributed by atoms with Crippen LogP contribution in [0.25, 0.3) is 27.6 Å². The molecule has 5 aromatic rings. The second-order valence-corrected chi connectivity index (χ2v) is 10.0. The van der Waals surface area contributed by atoms with Gasteiger partial charge >= 0.3 is 0 Å². The van der Waals surface area contributed by atoms with Gasteiger partial charge in [0.05, 0.1) is 39.9 Å². The molecular formula is C22H20N6O3S. The third-order valence-electron chi connectivity index (χ3n) is 5.24. The summed E-state index contributed by atoms with van der Waals surface area (Å²) in [5, 5.41) is 5.11. The van der Waals surface area contributed by atoms with Crippen LogP contribution < -0.4 is 5.73 Å². The van der Waals surface area contributed by atoms with Gasteiger partial charge < -0.3 is 15.7 Å². The third-order valence-corrected chi connectivity index (χ3v) is 6.10. The lowest BCUT2D eigenvalue weighted by Gasteiger charge is -2.05. The number of sulfone groups is 1. The number of carbonyl (C=O) groups excluding carboxylic acids is 1. The number of nitrogens with two attached hydrogens (primary N) is 1. The van der Waals surface area contributed by atoms with Gasteiger partial charge in [0, 0.05) is 17.2 Å². The number of aryl methyl sites for hydroxylation is 1. The van der Waals surface area contributed by atoms with Gasteiger partial charge in [-0.05, 0) is 42.8 Å². The van der Waals surface area contributed by atoms with Gasteiger partial charge in [0.25, 0.3) is 0 Å². The second-order valence-electron chi connectivity index (χ2n) is 7.88. The lowest BCUT2D eigenvalue weighted by molar-refractivity contribution is 0.103. The Kier molecular flexibility index (Phi) is 4.41. The van der Waals surface area contributed by atoms with E-state index in [-0.39, 0.29) is 22.9 Å². The highest BCUT2D eigenvalue weighted by Crippen LogP contribution is 2.25. The average Bonchev–Trinajstić information content (AvgIpc) is 3.40. The van der Waals surface area contributed by atoms with E-state index in [4.69, 9.17) is 5.73 Å². The number of aromatic nitrogens is 5. The Morgan fingerprint density at radius 2 is 1.91 bits per heavy atom. The van der Waals surface area contributed by atoms with E-state index in [1.165, 1.54) is 17.1 Å². The van der Waals surface area contributed by atoms with Crippen LogP contribution in [-0.2, 0) is 15.6 Å². The molecule has 3 heterocycles. The zero-order valence-corrected chi connectivity index (χ0v) is 18.2. The van der Waals surface area contributed by atoms with Gasteiger partial charge in [-0.2, -0.15) is 5.10 Å². The summed E-state index contributed by atoms with van der Waals surface area (Å²) in [7, 11) is -3.15. The molecule has 0 spiro atoms. The van der Waals surface area contributed by atoms with Crippen molar-refractivity contribution in [2.24, 2.45) is 0 Å². The van der Waals surface area contributed by atoms with Gasteiger partial charge in [0.2, 0.25) is 5.78 Å². The molecular weight excluding hydrogens is 428 g/mol. The van der Waals surface area contributed by atoms with Gasteiger partial charge in [-0.15, -0.1) is 0 Å². The quantitative estimate of drug-likeness (QED) is 0.353. The third kappa shape index (κ3) is 3.54. The molecule has 0 aliphatic rings. The number of fused-ring (bicyclic) bond motifs is 2. The SMILES string of the molecule is Cc1nc2cc(-n3ncc(C(=O)c4cc5ccc(CS(C)(=O)=O)cc5[nH]4)c3N)ccc2[nH]1. The van der Waals surface area contributed by atoms with E-state index < -0.39 is 9.84 Å². The van der Waals surface area contributed by atoms with E-state index in [1.54, 1.807) is 24.3 Å². The molecule has 0 unspecified atom stereocenters. The zero-order valence-electron chi connectivity index (χ0n) is 17.4. The fourth-order valence-electron chi connectivity index (χ4n) is 3.83. The van der Waals surface area contributed by atoms with E-state index in [0.717, 1.165) is 22.2 Å². The van der Waals surface area contributed by atoms with Crippen LogP contribution in [0.4, 0.5) is 5.82 Å². The summed E-state index contributed by atoms with van der Waals surface area (Å²) in [5.41, 5.74) is 10.6. The fraction of sp³-hybridized carbons (Fsp3) is 0.136. The monoisotopic (exact) mass is 448 g/mol. The van der Waals surface area contributed by atoms with Crippen molar-refractivity contribution >= 4 is 43.4 Å². The molecule has 0 aliphatic carbocycles. The standard InChI is InChI=1S/C22H20N6O3S/c1-12-25-17-6-5-15(9-19(17)26-12)28-22(23)16(10-24-28)21(29)20-8-14-4-3-13(7-18(14)27-20)11-32(2,30)31/h3-10,27H,11,23H2,1-2H3,(H,25,26). The van der Waals surface area contributed by atoms with Crippen molar-refractivity contribution in [3.63, 3.8) is 0 Å². The molecule has 10 heteroatoms. The molecule has 9 nitrogen and oxygen atoms in total. The number of carbonyl (C=O) groups is 1. The summed E-state index contributed by atoms with van der Waals surface area (Å²) in [6.45, 7) is 1.88. The number of nitrogen functional groups attached to an aromatic ring is 1. The summed E-state index contributed by atoms with van der Waals surface area (Å²) in [6.07, 6.45) is 2.63. The first kappa shape index (κ1) is 20.0. The van der Waals surface area contributed by atoms with E-state index in [0.29, 0.717) is 22.5 Å². The van der Waals surface area contributed by atoms with E-state index in [2.05, 4.69) is 20.1 Å². The second kappa shape index (κ2) is 7.06. The number of nitrogens with one attached hydrogen (secondary N) is 2. The maximum absolute atomic E-state index is 13.1. The predicted octanol–water partition coefficient (Wildman–Crippen LogP) is 2.90. The van der Waals surface area contributed by atoms with Crippen LogP contribution in [0.15, 0.2) is 48.7 Å². The molecule has 0 radical (unpaired) electrons. The highest BCUT2D eigenvalue weighted by atomic mass is 32.2. The first-order valence-corrected chi connectivity index (χ1v) is 11.9. The number of aromatic amines is 2. The minimum absolute atomic E-state index is 0.0647. The molecule has 0 saturated heterocycles. The lowest BCUT2D eigenvalue weighted by Crippen LogP contribution is -2.07. The van der Waals surface area contributed by atoms with Crippen molar-refractivity contribution in [1.82, 2.24) is 24.7 Å². The van der Waals surface area contributed by atoms with Gasteiger partial charge in [0.15, 0.2) is 9.84 Å². The van der Waals surface area contributed by atoms with Crippen molar-refractivity contribution in [1.29, 1.82) is 0 Å². The Morgan fingerprint density at radius 3 is 2.69 bits per heavy atom. The molecule has 32 heavy (non-hydrogen) atoms.